The summed E-state index contributed by atoms with van der Waals surface area (Å²) < 4.78 is 0. The Bertz CT molecular complexity index is 343. The van der Waals surface area contributed by atoms with E-state index in [0.717, 1.165) is 22.6 Å². The van der Waals surface area contributed by atoms with Crippen molar-refractivity contribution in [2.75, 3.05) is 11.1 Å². The van der Waals surface area contributed by atoms with Crippen LogP contribution >= 0.6 is 11.8 Å². The molecule has 74 valence electrons. The molecular formula is C10H12N2OS. The highest BCUT2D eigenvalue weighted by Gasteiger charge is 2.21. The van der Waals surface area contributed by atoms with Crippen molar-refractivity contribution in [3.63, 3.8) is 0 Å². The van der Waals surface area contributed by atoms with E-state index in [1.54, 1.807) is 11.8 Å². The van der Waals surface area contributed by atoms with Gasteiger partial charge in [0.05, 0.1) is 6.04 Å². The maximum absolute atomic E-state index is 10.8. The highest BCUT2D eigenvalue weighted by molar-refractivity contribution is 7.99. The van der Waals surface area contributed by atoms with Gasteiger partial charge < -0.3 is 15.8 Å². The van der Waals surface area contributed by atoms with Crippen LogP contribution in [0.25, 0.3) is 0 Å². The van der Waals surface area contributed by atoms with Crippen LogP contribution in [0, 0.1) is 0 Å². The van der Waals surface area contributed by atoms with Crippen LogP contribution in [0.1, 0.15) is 0 Å². The van der Waals surface area contributed by atoms with Crippen LogP contribution < -0.4 is 11.1 Å². The van der Waals surface area contributed by atoms with E-state index >= 15 is 0 Å². The van der Waals surface area contributed by atoms with Crippen molar-refractivity contribution in [3.8, 4) is 0 Å². The first kappa shape index (κ1) is 9.55. The number of nitrogens with one attached hydrogen (secondary N) is 1. The first-order valence-electron chi connectivity index (χ1n) is 4.50. The van der Waals surface area contributed by atoms with Crippen LogP contribution in [0.4, 0.5) is 5.69 Å². The van der Waals surface area contributed by atoms with Gasteiger partial charge in [-0.2, -0.15) is 0 Å². The van der Waals surface area contributed by atoms with Crippen molar-refractivity contribution in [1.29, 1.82) is 0 Å². The number of hydrogen-bond donors (Lipinski definition) is 2. The lowest BCUT2D eigenvalue weighted by molar-refractivity contribution is -0.108. The lowest BCUT2D eigenvalue weighted by atomic mass is 10.1. The van der Waals surface area contributed by atoms with Crippen molar-refractivity contribution in [2.24, 2.45) is 5.73 Å². The Balaban J connectivity index is 2.30. The van der Waals surface area contributed by atoms with E-state index in [4.69, 9.17) is 5.73 Å². The molecule has 2 atom stereocenters. The maximum atomic E-state index is 10.8. The molecule has 0 saturated carbocycles. The average molecular weight is 208 g/mol. The summed E-state index contributed by atoms with van der Waals surface area (Å²) >= 11 is 1.69. The van der Waals surface area contributed by atoms with Crippen molar-refractivity contribution in [2.45, 2.75) is 17.0 Å². The van der Waals surface area contributed by atoms with Gasteiger partial charge in [0, 0.05) is 22.4 Å². The molecule has 0 aliphatic carbocycles. The Morgan fingerprint density at radius 2 is 2.29 bits per heavy atom. The summed E-state index contributed by atoms with van der Waals surface area (Å²) in [6.07, 6.45) is 0.882. The summed E-state index contributed by atoms with van der Waals surface area (Å²) in [5.41, 5.74) is 6.86. The van der Waals surface area contributed by atoms with Gasteiger partial charge in [-0.05, 0) is 12.1 Å². The van der Waals surface area contributed by atoms with E-state index in [2.05, 4.69) is 5.32 Å². The molecule has 0 radical (unpaired) electrons. The third kappa shape index (κ3) is 1.76. The molecule has 0 aromatic heterocycles. The minimum Gasteiger partial charge on any atom is -0.373 e. The molecule has 1 aliphatic heterocycles. The molecular weight excluding hydrogens is 196 g/mol. The number of anilines is 1. The highest BCUT2D eigenvalue weighted by Crippen LogP contribution is 2.30. The number of thioether (sulfide) groups is 1. The molecule has 1 aromatic rings. The quantitative estimate of drug-likeness (QED) is 0.679. The third-order valence-electron chi connectivity index (χ3n) is 2.25. The molecule has 2 rings (SSSR count). The average Bonchev–Trinajstić information content (AvgIpc) is 2.38. The number of fused-ring (bicyclic) bond motifs is 1. The largest absolute Gasteiger partial charge is 0.373 e. The predicted octanol–water partition coefficient (Wildman–Crippen LogP) is 1.10. The normalized spacial score (nSPS) is 25.8. The molecule has 3 N–H and O–H groups in total. The van der Waals surface area contributed by atoms with Gasteiger partial charge in [0.1, 0.15) is 6.29 Å². The fourth-order valence-corrected chi connectivity index (χ4v) is 2.46. The minimum absolute atomic E-state index is 0.120. The molecule has 1 unspecified atom stereocenters. The van der Waals surface area contributed by atoms with E-state index in [1.807, 2.05) is 24.3 Å². The molecule has 3 nitrogen and oxygen atoms in total. The summed E-state index contributed by atoms with van der Waals surface area (Å²) in [5.74, 6) is 0.771. The Morgan fingerprint density at radius 3 is 3.07 bits per heavy atom. The van der Waals surface area contributed by atoms with Gasteiger partial charge in [0.2, 0.25) is 0 Å². The molecule has 0 fully saturated rings. The first-order valence-corrected chi connectivity index (χ1v) is 5.49. The molecule has 0 spiro atoms. The van der Waals surface area contributed by atoms with Crippen molar-refractivity contribution >= 4 is 23.7 Å². The molecule has 1 heterocycles. The molecule has 0 amide bonds. The summed E-state index contributed by atoms with van der Waals surface area (Å²) in [7, 11) is 0. The van der Waals surface area contributed by atoms with E-state index in [9.17, 15) is 4.79 Å². The molecule has 1 aliphatic rings. The molecule has 0 bridgehead atoms. The smallest absolute Gasteiger partial charge is 0.143 e. The Morgan fingerprint density at radius 1 is 1.50 bits per heavy atom. The summed E-state index contributed by atoms with van der Waals surface area (Å²) in [6.45, 7) is 0. The van der Waals surface area contributed by atoms with Crippen molar-refractivity contribution in [1.82, 2.24) is 0 Å². The lowest BCUT2D eigenvalue weighted by Crippen LogP contribution is -2.42. The van der Waals surface area contributed by atoms with Gasteiger partial charge in [0.15, 0.2) is 0 Å². The summed E-state index contributed by atoms with van der Waals surface area (Å²) in [5, 5.41) is 3.15. The summed E-state index contributed by atoms with van der Waals surface area (Å²) in [4.78, 5) is 11.9. The standard InChI is InChI=1S/C10H12N2OS/c11-7-6-14-10-4-2-1-3-8(10)12-9(7)5-13/h1-5,7,9,12H,6,11H2/t7-,9?/m1/s1. The van der Waals surface area contributed by atoms with E-state index in [1.165, 1.54) is 0 Å². The number of para-hydroxylation sites is 1. The molecule has 1 aromatic carbocycles. The molecule has 0 saturated heterocycles. The van der Waals surface area contributed by atoms with E-state index < -0.39 is 0 Å². The van der Waals surface area contributed by atoms with Crippen LogP contribution in [0.3, 0.4) is 0 Å². The van der Waals surface area contributed by atoms with Gasteiger partial charge in [-0.25, -0.2) is 0 Å². The second-order valence-corrected chi connectivity index (χ2v) is 4.34. The van der Waals surface area contributed by atoms with Crippen molar-refractivity contribution in [3.05, 3.63) is 24.3 Å². The maximum Gasteiger partial charge on any atom is 0.143 e. The lowest BCUT2D eigenvalue weighted by Gasteiger charge is -2.16. The number of nitrogens with two attached hydrogens (primary N) is 1. The zero-order chi connectivity index (χ0) is 9.97. The van der Waals surface area contributed by atoms with Gasteiger partial charge in [-0.1, -0.05) is 12.1 Å². The summed E-state index contributed by atoms with van der Waals surface area (Å²) in [6, 6.07) is 7.55. The molecule has 14 heavy (non-hydrogen) atoms. The van der Waals surface area contributed by atoms with Crippen LogP contribution in [0.15, 0.2) is 29.2 Å². The number of carbonyl (C=O) groups is 1. The monoisotopic (exact) mass is 208 g/mol. The third-order valence-corrected chi connectivity index (χ3v) is 3.47. The van der Waals surface area contributed by atoms with Crippen LogP contribution in [0.2, 0.25) is 0 Å². The number of benzene rings is 1. The van der Waals surface area contributed by atoms with Gasteiger partial charge in [0.25, 0.3) is 0 Å². The van der Waals surface area contributed by atoms with Gasteiger partial charge >= 0.3 is 0 Å². The van der Waals surface area contributed by atoms with Crippen LogP contribution in [-0.4, -0.2) is 24.1 Å². The fourth-order valence-electron chi connectivity index (χ4n) is 1.42. The van der Waals surface area contributed by atoms with Crippen LogP contribution in [0.5, 0.6) is 0 Å². The second-order valence-electron chi connectivity index (χ2n) is 3.28. The first-order chi connectivity index (χ1) is 6.81. The Hall–Kier alpha value is -1.00. The number of carbonyl (C=O) groups excluding carboxylic acids is 1. The van der Waals surface area contributed by atoms with Gasteiger partial charge in [-0.3, -0.25) is 0 Å². The SMILES string of the molecule is N[C@@H]1CSc2ccccc2NC1C=O. The topological polar surface area (TPSA) is 55.1 Å². The predicted molar refractivity (Wildman–Crippen MR) is 58.6 cm³/mol. The number of aldehydes is 1. The second kappa shape index (κ2) is 4.02. The van der Waals surface area contributed by atoms with Crippen molar-refractivity contribution < 1.29 is 4.79 Å². The fraction of sp³-hybridized carbons (Fsp3) is 0.300. The Labute approximate surface area is 87.1 Å². The van der Waals surface area contributed by atoms with E-state index in [-0.39, 0.29) is 12.1 Å². The zero-order valence-corrected chi connectivity index (χ0v) is 8.46. The minimum atomic E-state index is -0.272. The number of hydrogen-bond acceptors (Lipinski definition) is 4. The number of rotatable bonds is 1. The van der Waals surface area contributed by atoms with E-state index in [0.29, 0.717) is 0 Å². The zero-order valence-electron chi connectivity index (χ0n) is 7.64. The Kier molecular flexibility index (Phi) is 2.74. The highest BCUT2D eigenvalue weighted by atomic mass is 32.2. The van der Waals surface area contributed by atoms with Gasteiger partial charge in [-0.15, -0.1) is 11.8 Å². The van der Waals surface area contributed by atoms with Crippen LogP contribution in [-0.2, 0) is 4.79 Å². The molecule has 4 heteroatoms.